The zero-order valence-electron chi connectivity index (χ0n) is 22.7. The Kier molecular flexibility index (Phi) is 7.06. The molecule has 2 saturated carbocycles. The molecule has 7 nitrogen and oxygen atoms in total. The lowest BCUT2D eigenvalue weighted by Crippen LogP contribution is -2.50. The molecule has 39 heavy (non-hydrogen) atoms. The van der Waals surface area contributed by atoms with E-state index in [9.17, 15) is 9.59 Å². The van der Waals surface area contributed by atoms with Crippen LogP contribution in [0, 0.1) is 0 Å². The molecule has 1 amide bonds. The second-order valence-electron chi connectivity index (χ2n) is 10.7. The number of likely N-dealkylation sites (N-methyl/N-ethyl adjacent to an activating group) is 1. The van der Waals surface area contributed by atoms with Crippen molar-refractivity contribution in [2.45, 2.75) is 54.5 Å². The molecule has 1 N–H and O–H groups in total. The van der Waals surface area contributed by atoms with Gasteiger partial charge in [0.2, 0.25) is 11.8 Å². The standard InChI is InChI=1S/C31H35N3O4S/c1-33-26(29(35)32-28(31(36)37-2)21-8-10-25(39-3)11-9-21)12-13-27-30(33)38-15-14-34(27)24-17-22(19-4-5-19)16-23(18-24)20-6-7-20/h8-13,16-20,26,28H,4-7,14-15H2,1-3H3,(H,32,35). The first-order valence-electron chi connectivity index (χ1n) is 13.7. The van der Waals surface area contributed by atoms with E-state index in [0.717, 1.165) is 17.1 Å². The van der Waals surface area contributed by atoms with Crippen molar-refractivity contribution in [2.24, 2.45) is 0 Å². The van der Waals surface area contributed by atoms with Gasteiger partial charge in [-0.25, -0.2) is 4.79 Å². The zero-order chi connectivity index (χ0) is 27.1. The molecule has 2 aliphatic carbocycles. The van der Waals surface area contributed by atoms with Crippen molar-refractivity contribution in [3.63, 3.8) is 0 Å². The maximum Gasteiger partial charge on any atom is 0.333 e. The van der Waals surface area contributed by atoms with Gasteiger partial charge in [0.25, 0.3) is 0 Å². The maximum atomic E-state index is 13.5. The van der Waals surface area contributed by atoms with Gasteiger partial charge in [-0.05, 0) is 90.8 Å². The van der Waals surface area contributed by atoms with Crippen LogP contribution in [0.25, 0.3) is 0 Å². The Labute approximate surface area is 234 Å². The summed E-state index contributed by atoms with van der Waals surface area (Å²) in [6, 6.07) is 13.2. The summed E-state index contributed by atoms with van der Waals surface area (Å²) in [5, 5.41) is 2.91. The first-order chi connectivity index (χ1) is 19.0. The van der Waals surface area contributed by atoms with Crippen molar-refractivity contribution in [2.75, 3.05) is 38.5 Å². The van der Waals surface area contributed by atoms with Crippen molar-refractivity contribution in [3.05, 3.63) is 82.9 Å². The molecule has 2 heterocycles. The van der Waals surface area contributed by atoms with Gasteiger partial charge in [0.15, 0.2) is 6.04 Å². The summed E-state index contributed by atoms with van der Waals surface area (Å²) < 4.78 is 11.1. The minimum Gasteiger partial charge on any atom is -0.476 e. The van der Waals surface area contributed by atoms with E-state index >= 15 is 0 Å². The van der Waals surface area contributed by atoms with Crippen LogP contribution in [-0.2, 0) is 19.1 Å². The summed E-state index contributed by atoms with van der Waals surface area (Å²) in [6.07, 6.45) is 11.0. The van der Waals surface area contributed by atoms with Crippen LogP contribution in [0.3, 0.4) is 0 Å². The van der Waals surface area contributed by atoms with E-state index in [2.05, 4.69) is 28.4 Å². The second kappa shape index (κ2) is 10.6. The molecule has 2 aromatic carbocycles. The number of nitrogens with one attached hydrogen (secondary N) is 1. The Morgan fingerprint density at radius 2 is 1.72 bits per heavy atom. The van der Waals surface area contributed by atoms with Gasteiger partial charge in [0.05, 0.1) is 13.7 Å². The molecule has 2 fully saturated rings. The molecule has 0 radical (unpaired) electrons. The number of anilines is 1. The molecule has 4 aliphatic rings. The molecule has 0 aromatic heterocycles. The topological polar surface area (TPSA) is 71.1 Å². The minimum atomic E-state index is -0.898. The lowest BCUT2D eigenvalue weighted by atomic mass is 10.0. The Morgan fingerprint density at radius 1 is 1.05 bits per heavy atom. The van der Waals surface area contributed by atoms with Crippen LogP contribution < -0.4 is 10.2 Å². The van der Waals surface area contributed by atoms with Crippen LogP contribution in [0.4, 0.5) is 5.69 Å². The van der Waals surface area contributed by atoms with Gasteiger partial charge in [-0.1, -0.05) is 24.3 Å². The summed E-state index contributed by atoms with van der Waals surface area (Å²) in [4.78, 5) is 31.4. The number of benzene rings is 2. The second-order valence-corrected chi connectivity index (χ2v) is 11.6. The summed E-state index contributed by atoms with van der Waals surface area (Å²) in [6.45, 7) is 1.28. The highest BCUT2D eigenvalue weighted by atomic mass is 32.2. The van der Waals surface area contributed by atoms with Crippen LogP contribution in [0.15, 0.2) is 71.1 Å². The predicted molar refractivity (Wildman–Crippen MR) is 153 cm³/mol. The largest absolute Gasteiger partial charge is 0.476 e. The van der Waals surface area contributed by atoms with Crippen LogP contribution in [0.2, 0.25) is 0 Å². The van der Waals surface area contributed by atoms with Crippen molar-refractivity contribution in [1.29, 1.82) is 0 Å². The SMILES string of the molecule is COC(=O)C(NC(=O)C1C=CC2=C(OCCN2c2cc(C3CC3)cc(C3CC3)c2)N1C)c1ccc(SC)cc1. The Hall–Kier alpha value is -3.39. The average Bonchev–Trinajstić information content (AvgIpc) is 3.89. The molecule has 204 valence electrons. The van der Waals surface area contributed by atoms with E-state index < -0.39 is 18.1 Å². The fourth-order valence-corrected chi connectivity index (χ4v) is 5.90. The molecule has 8 heteroatoms. The summed E-state index contributed by atoms with van der Waals surface area (Å²) in [7, 11) is 3.20. The number of allylic oxidation sites excluding steroid dienone is 1. The maximum absolute atomic E-state index is 13.5. The van der Waals surface area contributed by atoms with Gasteiger partial charge < -0.3 is 24.6 Å². The lowest BCUT2D eigenvalue weighted by molar-refractivity contribution is -0.145. The molecule has 2 aliphatic heterocycles. The zero-order valence-corrected chi connectivity index (χ0v) is 23.5. The van der Waals surface area contributed by atoms with E-state index in [0.29, 0.717) is 29.9 Å². The summed E-state index contributed by atoms with van der Waals surface area (Å²) in [5.41, 5.74) is 5.75. The van der Waals surface area contributed by atoms with Crippen LogP contribution in [-0.4, -0.2) is 56.4 Å². The van der Waals surface area contributed by atoms with E-state index in [1.54, 1.807) is 11.8 Å². The highest BCUT2D eigenvalue weighted by Gasteiger charge is 2.36. The third-order valence-electron chi connectivity index (χ3n) is 8.05. The molecule has 2 aromatic rings. The molecule has 0 spiro atoms. The van der Waals surface area contributed by atoms with E-state index in [-0.39, 0.29) is 5.91 Å². The number of nitrogens with zero attached hydrogens (tertiary/aromatic N) is 2. The molecular weight excluding hydrogens is 510 g/mol. The molecule has 2 atom stereocenters. The van der Waals surface area contributed by atoms with Crippen molar-refractivity contribution < 1.29 is 19.1 Å². The van der Waals surface area contributed by atoms with E-state index in [1.165, 1.54) is 49.6 Å². The van der Waals surface area contributed by atoms with Crippen molar-refractivity contribution >= 4 is 29.3 Å². The van der Waals surface area contributed by atoms with Crippen molar-refractivity contribution in [3.8, 4) is 0 Å². The van der Waals surface area contributed by atoms with Gasteiger partial charge in [0, 0.05) is 17.6 Å². The number of carbonyl (C=O) groups excluding carboxylic acids is 2. The quantitative estimate of drug-likeness (QED) is 0.367. The number of hydrogen-bond donors (Lipinski definition) is 1. The normalized spacial score (nSPS) is 21.3. The first kappa shape index (κ1) is 25.9. The average molecular weight is 546 g/mol. The number of methoxy groups -OCH3 is 1. The smallest absolute Gasteiger partial charge is 0.333 e. The van der Waals surface area contributed by atoms with Crippen molar-refractivity contribution in [1.82, 2.24) is 10.2 Å². The Morgan fingerprint density at radius 3 is 2.31 bits per heavy atom. The minimum absolute atomic E-state index is 0.294. The third kappa shape index (κ3) is 5.26. The van der Waals surface area contributed by atoms with Gasteiger partial charge in [0.1, 0.15) is 18.3 Å². The number of rotatable bonds is 8. The highest BCUT2D eigenvalue weighted by molar-refractivity contribution is 7.98. The number of esters is 1. The van der Waals surface area contributed by atoms with Crippen LogP contribution in [0.5, 0.6) is 0 Å². The monoisotopic (exact) mass is 545 g/mol. The number of carbonyl (C=O) groups is 2. The van der Waals surface area contributed by atoms with Gasteiger partial charge >= 0.3 is 5.97 Å². The number of hydrogen-bond acceptors (Lipinski definition) is 7. The third-order valence-corrected chi connectivity index (χ3v) is 8.79. The Bertz CT molecular complexity index is 1300. The fourth-order valence-electron chi connectivity index (χ4n) is 5.50. The van der Waals surface area contributed by atoms with Gasteiger partial charge in [-0.2, -0.15) is 0 Å². The number of thioether (sulfide) groups is 1. The lowest BCUT2D eigenvalue weighted by Gasteiger charge is -2.40. The summed E-state index contributed by atoms with van der Waals surface area (Å²) in [5.74, 6) is 1.25. The predicted octanol–water partition coefficient (Wildman–Crippen LogP) is 5.07. The molecule has 0 bridgehead atoms. The van der Waals surface area contributed by atoms with Crippen LogP contribution >= 0.6 is 11.8 Å². The van der Waals surface area contributed by atoms with E-state index in [1.807, 2.05) is 54.6 Å². The summed E-state index contributed by atoms with van der Waals surface area (Å²) >= 11 is 1.62. The first-order valence-corrected chi connectivity index (χ1v) is 14.9. The van der Waals surface area contributed by atoms with Crippen LogP contribution in [0.1, 0.15) is 60.3 Å². The fraction of sp³-hybridized carbons (Fsp3) is 0.419. The molecular formula is C31H35N3O4S. The van der Waals surface area contributed by atoms with E-state index in [4.69, 9.17) is 9.47 Å². The Balaban J connectivity index is 1.23. The number of ether oxygens (including phenoxy) is 2. The molecule has 2 unspecified atom stereocenters. The van der Waals surface area contributed by atoms with Gasteiger partial charge in [-0.15, -0.1) is 11.8 Å². The molecule has 6 rings (SSSR count). The van der Waals surface area contributed by atoms with Gasteiger partial charge in [-0.3, -0.25) is 4.79 Å². The highest BCUT2D eigenvalue weighted by Crippen LogP contribution is 2.47. The molecule has 0 saturated heterocycles. The number of amides is 1.